The van der Waals surface area contributed by atoms with Crippen molar-refractivity contribution >= 4 is 61.7 Å². The minimum atomic E-state index is 0.0945. The van der Waals surface area contributed by atoms with Crippen molar-refractivity contribution in [3.8, 4) is 0 Å². The van der Waals surface area contributed by atoms with Gasteiger partial charge in [0.25, 0.3) is 0 Å². The fourth-order valence-corrected chi connectivity index (χ4v) is 7.40. The van der Waals surface area contributed by atoms with Gasteiger partial charge in [-0.2, -0.15) is 0 Å². The van der Waals surface area contributed by atoms with Crippen LogP contribution in [0.5, 0.6) is 0 Å². The summed E-state index contributed by atoms with van der Waals surface area (Å²) in [6, 6.07) is 21.6. The molecule has 0 radical (unpaired) electrons. The fraction of sp³-hybridized carbons (Fsp3) is 0.200. The van der Waals surface area contributed by atoms with Crippen LogP contribution in [0.3, 0.4) is 0 Å². The molecule has 0 fully saturated rings. The number of hydrogen-bond donors (Lipinski definition) is 0. The summed E-state index contributed by atoms with van der Waals surface area (Å²) >= 11 is 5.39. The van der Waals surface area contributed by atoms with E-state index in [1.807, 2.05) is 18.5 Å². The largest absolute Gasteiger partial charge is 0.294 e. The third-order valence-electron chi connectivity index (χ3n) is 8.01. The highest BCUT2D eigenvalue weighted by Crippen LogP contribution is 2.46. The Morgan fingerprint density at radius 2 is 1.87 bits per heavy atom. The number of thiophene rings is 1. The first-order chi connectivity index (χ1) is 19.0. The van der Waals surface area contributed by atoms with Gasteiger partial charge in [-0.05, 0) is 93.9 Å². The lowest BCUT2D eigenvalue weighted by molar-refractivity contribution is 0.101. The van der Waals surface area contributed by atoms with Crippen LogP contribution in [0.2, 0.25) is 0 Å². The number of aliphatic imine (C=N–C) groups is 1. The van der Waals surface area contributed by atoms with Crippen molar-refractivity contribution in [1.29, 1.82) is 0 Å². The van der Waals surface area contributed by atoms with Crippen LogP contribution in [-0.4, -0.2) is 12.0 Å². The average Bonchev–Trinajstić information content (AvgIpc) is 3.28. The molecule has 3 aliphatic rings. The standard InChI is InChI=1S/C27H23BrO.C8H7NS/c1-16-12-26-22(11-9-20-14-24(17(2)29)27(28)15-25(20)26)21-10-8-19(13-23(16)21)18-6-4-3-5-7-18;1-4-9-5-2-8-7(1)3-6-10-8/h3-11,14-16,19H,12-13H2,1-2H3;2-6H,1H2. The van der Waals surface area contributed by atoms with E-state index in [1.165, 1.54) is 38.1 Å². The Kier molecular flexibility index (Phi) is 7.33. The zero-order chi connectivity index (χ0) is 26.9. The Hall–Kier alpha value is -3.34. The number of ketones is 1. The molecule has 2 unspecified atom stereocenters. The zero-order valence-corrected chi connectivity index (χ0v) is 24.6. The molecule has 194 valence electrons. The number of carbonyl (C=O) groups is 1. The molecule has 0 saturated carbocycles. The minimum absolute atomic E-state index is 0.0945. The number of carbonyl (C=O) groups excluding carboxylic acids is 1. The highest BCUT2D eigenvalue weighted by Gasteiger charge is 2.29. The first kappa shape index (κ1) is 25.9. The molecule has 2 nitrogen and oxygen atoms in total. The molecule has 0 N–H and O–H groups in total. The number of allylic oxidation sites excluding steroid dienone is 4. The molecule has 1 aromatic heterocycles. The maximum Gasteiger partial charge on any atom is 0.160 e. The maximum absolute atomic E-state index is 11.9. The van der Waals surface area contributed by atoms with Gasteiger partial charge < -0.3 is 0 Å². The van der Waals surface area contributed by atoms with Gasteiger partial charge in [-0.25, -0.2) is 0 Å². The molecule has 4 heteroatoms. The van der Waals surface area contributed by atoms with Crippen LogP contribution in [0.1, 0.15) is 63.7 Å². The normalized spacial score (nSPS) is 19.1. The minimum Gasteiger partial charge on any atom is -0.294 e. The first-order valence-corrected chi connectivity index (χ1v) is 15.1. The van der Waals surface area contributed by atoms with E-state index < -0.39 is 0 Å². The summed E-state index contributed by atoms with van der Waals surface area (Å²) in [4.78, 5) is 17.3. The topological polar surface area (TPSA) is 29.4 Å². The molecular formula is C35H30BrNOS. The van der Waals surface area contributed by atoms with Gasteiger partial charge in [0.1, 0.15) is 0 Å². The molecule has 2 atom stereocenters. The molecule has 1 aliphatic heterocycles. The summed E-state index contributed by atoms with van der Waals surface area (Å²) in [5.41, 5.74) is 9.29. The summed E-state index contributed by atoms with van der Waals surface area (Å²) in [5, 5.41) is 4.53. The second-order valence-electron chi connectivity index (χ2n) is 10.5. The number of hydrogen-bond acceptors (Lipinski definition) is 3. The van der Waals surface area contributed by atoms with Gasteiger partial charge in [0.15, 0.2) is 5.78 Å². The lowest BCUT2D eigenvalue weighted by Gasteiger charge is -2.33. The fourth-order valence-electron chi connectivity index (χ4n) is 5.96. The van der Waals surface area contributed by atoms with Crippen LogP contribution in [0.4, 0.5) is 0 Å². The number of fused-ring (bicyclic) bond motifs is 5. The van der Waals surface area contributed by atoms with Crippen molar-refractivity contribution < 1.29 is 4.79 Å². The number of Topliss-reactive ketones (excluding diaryl/α,β-unsaturated/α-hetero) is 1. The Morgan fingerprint density at radius 3 is 2.69 bits per heavy atom. The first-order valence-electron chi connectivity index (χ1n) is 13.5. The van der Waals surface area contributed by atoms with Crippen molar-refractivity contribution in [3.05, 3.63) is 127 Å². The van der Waals surface area contributed by atoms with E-state index in [4.69, 9.17) is 0 Å². The second kappa shape index (κ2) is 11.0. The van der Waals surface area contributed by atoms with Crippen LogP contribution in [0.25, 0.3) is 22.4 Å². The van der Waals surface area contributed by atoms with Gasteiger partial charge in [0.2, 0.25) is 0 Å². The van der Waals surface area contributed by atoms with E-state index in [-0.39, 0.29) is 5.78 Å². The monoisotopic (exact) mass is 591 g/mol. The van der Waals surface area contributed by atoms with Gasteiger partial charge in [0, 0.05) is 39.7 Å². The zero-order valence-electron chi connectivity index (χ0n) is 22.2. The molecule has 2 aliphatic carbocycles. The Morgan fingerprint density at radius 1 is 1.03 bits per heavy atom. The Labute approximate surface area is 242 Å². The van der Waals surface area contributed by atoms with Crippen LogP contribution >= 0.6 is 27.3 Å². The smallest absolute Gasteiger partial charge is 0.160 e. The molecule has 2 heterocycles. The lowest BCUT2D eigenvalue weighted by Crippen LogP contribution is -2.18. The molecule has 7 rings (SSSR count). The molecule has 4 aromatic rings. The molecule has 0 bridgehead atoms. The Bertz CT molecular complexity index is 1690. The number of rotatable bonds is 2. The van der Waals surface area contributed by atoms with E-state index in [2.05, 4.69) is 106 Å². The lowest BCUT2D eigenvalue weighted by atomic mass is 9.71. The molecule has 0 saturated heterocycles. The molecular weight excluding hydrogens is 562 g/mol. The summed E-state index contributed by atoms with van der Waals surface area (Å²) in [5.74, 6) is 1.08. The van der Waals surface area contributed by atoms with Crippen molar-refractivity contribution in [2.24, 2.45) is 10.9 Å². The third kappa shape index (κ3) is 5.16. The molecule has 0 spiro atoms. The number of halogens is 1. The third-order valence-corrected chi connectivity index (χ3v) is 9.59. The van der Waals surface area contributed by atoms with Crippen molar-refractivity contribution in [2.45, 2.75) is 39.0 Å². The highest BCUT2D eigenvalue weighted by molar-refractivity contribution is 9.10. The highest BCUT2D eigenvalue weighted by atomic mass is 79.9. The van der Waals surface area contributed by atoms with Crippen LogP contribution < -0.4 is 0 Å². The molecule has 3 aromatic carbocycles. The predicted octanol–water partition coefficient (Wildman–Crippen LogP) is 9.84. The van der Waals surface area contributed by atoms with E-state index in [0.29, 0.717) is 11.8 Å². The van der Waals surface area contributed by atoms with E-state index >= 15 is 0 Å². The maximum atomic E-state index is 11.9. The van der Waals surface area contributed by atoms with Crippen LogP contribution in [0, 0.1) is 5.92 Å². The average molecular weight is 593 g/mol. The summed E-state index contributed by atoms with van der Waals surface area (Å²) < 4.78 is 0.890. The number of nitrogens with zero attached hydrogens (tertiary/aromatic N) is 1. The van der Waals surface area contributed by atoms with Crippen LogP contribution in [-0.2, 0) is 12.8 Å². The van der Waals surface area contributed by atoms with Crippen LogP contribution in [0.15, 0.2) is 99.4 Å². The van der Waals surface area contributed by atoms with E-state index in [0.717, 1.165) is 34.7 Å². The van der Waals surface area contributed by atoms with Gasteiger partial charge >= 0.3 is 0 Å². The van der Waals surface area contributed by atoms with Gasteiger partial charge in [-0.1, -0.05) is 83.0 Å². The van der Waals surface area contributed by atoms with Crippen molar-refractivity contribution in [1.82, 2.24) is 0 Å². The quantitative estimate of drug-likeness (QED) is 0.213. The summed E-state index contributed by atoms with van der Waals surface area (Å²) in [6.07, 6.45) is 13.7. The molecule has 39 heavy (non-hydrogen) atoms. The number of benzene rings is 3. The molecule has 0 amide bonds. The van der Waals surface area contributed by atoms with Crippen molar-refractivity contribution in [3.63, 3.8) is 0 Å². The second-order valence-corrected chi connectivity index (χ2v) is 12.3. The van der Waals surface area contributed by atoms with Gasteiger partial charge in [-0.3, -0.25) is 9.79 Å². The summed E-state index contributed by atoms with van der Waals surface area (Å²) in [6.45, 7) is 3.98. The predicted molar refractivity (Wildman–Crippen MR) is 170 cm³/mol. The van der Waals surface area contributed by atoms with E-state index in [9.17, 15) is 4.79 Å². The van der Waals surface area contributed by atoms with E-state index in [1.54, 1.807) is 23.8 Å². The summed E-state index contributed by atoms with van der Waals surface area (Å²) in [7, 11) is 0. The SMILES string of the molecule is C1=Cc2sccc2CC=N1.CC(=O)c1cc2ccc3c(c2cc1Br)CC(C)C1=C3C=CC(c2ccccc2)C1. The van der Waals surface area contributed by atoms with Crippen molar-refractivity contribution in [2.75, 3.05) is 0 Å². The van der Waals surface area contributed by atoms with Gasteiger partial charge in [-0.15, -0.1) is 11.3 Å². The Balaban J connectivity index is 0.000000231. The van der Waals surface area contributed by atoms with Gasteiger partial charge in [0.05, 0.1) is 0 Å².